The average molecular weight is 270 g/mol. The van der Waals surface area contributed by atoms with E-state index in [1.54, 1.807) is 11.9 Å². The Balaban J connectivity index is 3.17. The van der Waals surface area contributed by atoms with Crippen molar-refractivity contribution in [1.29, 1.82) is 0 Å². The van der Waals surface area contributed by atoms with Crippen LogP contribution in [0.1, 0.15) is 26.2 Å². The van der Waals surface area contributed by atoms with E-state index in [-0.39, 0.29) is 18.1 Å². The van der Waals surface area contributed by atoms with Crippen LogP contribution < -0.4 is 21.9 Å². The van der Waals surface area contributed by atoms with Crippen molar-refractivity contribution in [2.24, 2.45) is 0 Å². The number of nitrogen functional groups attached to an aromatic ring is 1. The van der Waals surface area contributed by atoms with Crippen molar-refractivity contribution in [1.82, 2.24) is 9.55 Å². The topological polar surface area (TPSA) is 104 Å². The van der Waals surface area contributed by atoms with Crippen molar-refractivity contribution in [3.05, 3.63) is 20.8 Å². The predicted molar refractivity (Wildman–Crippen MR) is 75.6 cm³/mol. The first-order chi connectivity index (χ1) is 9.02. The largest absolute Gasteiger partial charge is 0.396 e. The van der Waals surface area contributed by atoms with Gasteiger partial charge in [-0.1, -0.05) is 13.3 Å². The number of nitrogens with one attached hydrogen (secondary N) is 1. The van der Waals surface area contributed by atoms with Crippen LogP contribution in [0.2, 0.25) is 0 Å². The number of nitrogens with zero attached hydrogens (tertiary/aromatic N) is 2. The fraction of sp³-hybridized carbons (Fsp3) is 0.667. The molecule has 1 aromatic heterocycles. The van der Waals surface area contributed by atoms with Crippen molar-refractivity contribution >= 4 is 11.5 Å². The van der Waals surface area contributed by atoms with E-state index in [1.807, 2.05) is 6.92 Å². The third-order valence-electron chi connectivity index (χ3n) is 2.98. The fourth-order valence-electron chi connectivity index (χ4n) is 1.90. The number of rotatable bonds is 7. The molecule has 0 unspecified atom stereocenters. The van der Waals surface area contributed by atoms with Crippen LogP contribution in [0.15, 0.2) is 9.59 Å². The zero-order valence-corrected chi connectivity index (χ0v) is 11.5. The summed E-state index contributed by atoms with van der Waals surface area (Å²) in [5, 5.41) is 8.82. The number of hydrogen-bond acceptors (Lipinski definition) is 5. The molecule has 108 valence electrons. The molecule has 1 heterocycles. The van der Waals surface area contributed by atoms with Gasteiger partial charge in [0.05, 0.1) is 0 Å². The molecule has 0 aliphatic carbocycles. The van der Waals surface area contributed by atoms with Gasteiger partial charge in [-0.25, -0.2) is 4.79 Å². The van der Waals surface area contributed by atoms with Gasteiger partial charge in [0.15, 0.2) is 0 Å². The number of unbranched alkanes of at least 4 members (excludes halogenated alkanes) is 1. The molecule has 0 aromatic carbocycles. The summed E-state index contributed by atoms with van der Waals surface area (Å²) in [4.78, 5) is 27.5. The summed E-state index contributed by atoms with van der Waals surface area (Å²) in [6.07, 6.45) is 2.28. The molecule has 7 heteroatoms. The number of H-pyrrole nitrogens is 1. The van der Waals surface area contributed by atoms with E-state index >= 15 is 0 Å². The van der Waals surface area contributed by atoms with Crippen LogP contribution in [0.25, 0.3) is 0 Å². The van der Waals surface area contributed by atoms with Crippen LogP contribution in [0.5, 0.6) is 0 Å². The second-order valence-electron chi connectivity index (χ2n) is 4.50. The van der Waals surface area contributed by atoms with Crippen molar-refractivity contribution in [2.45, 2.75) is 32.7 Å². The molecule has 0 saturated carbocycles. The van der Waals surface area contributed by atoms with Crippen LogP contribution in [-0.2, 0) is 6.54 Å². The van der Waals surface area contributed by atoms with E-state index < -0.39 is 11.2 Å². The average Bonchev–Trinajstić information content (AvgIpc) is 2.35. The Labute approximate surface area is 111 Å². The normalized spacial score (nSPS) is 10.7. The van der Waals surface area contributed by atoms with E-state index in [1.165, 1.54) is 4.57 Å². The summed E-state index contributed by atoms with van der Waals surface area (Å²) >= 11 is 0. The van der Waals surface area contributed by atoms with Gasteiger partial charge in [0.2, 0.25) is 0 Å². The highest BCUT2D eigenvalue weighted by Crippen LogP contribution is 2.15. The molecule has 0 fully saturated rings. The SMILES string of the molecule is CCCCn1c(N)c(N(C)CCCO)c(=O)[nH]c1=O. The lowest BCUT2D eigenvalue weighted by atomic mass is 10.3. The van der Waals surface area contributed by atoms with Gasteiger partial charge in [0.25, 0.3) is 5.56 Å². The number of anilines is 2. The van der Waals surface area contributed by atoms with Gasteiger partial charge >= 0.3 is 5.69 Å². The Kier molecular flexibility index (Phi) is 5.62. The number of aliphatic hydroxyl groups is 1. The van der Waals surface area contributed by atoms with Crippen molar-refractivity contribution < 1.29 is 5.11 Å². The highest BCUT2D eigenvalue weighted by molar-refractivity contribution is 5.61. The van der Waals surface area contributed by atoms with Crippen molar-refractivity contribution in [3.8, 4) is 0 Å². The third-order valence-corrected chi connectivity index (χ3v) is 2.98. The Morgan fingerprint density at radius 3 is 2.63 bits per heavy atom. The fourth-order valence-corrected chi connectivity index (χ4v) is 1.90. The second-order valence-corrected chi connectivity index (χ2v) is 4.50. The minimum Gasteiger partial charge on any atom is -0.396 e. The first-order valence-electron chi connectivity index (χ1n) is 6.47. The molecule has 0 aliphatic rings. The standard InChI is InChI=1S/C12H22N4O3/c1-3-4-7-16-10(13)9(11(18)14-12(16)19)15(2)6-5-8-17/h17H,3-8,13H2,1-2H3,(H,14,18,19). The number of nitrogens with two attached hydrogens (primary N) is 1. The van der Waals surface area contributed by atoms with Gasteiger partial charge in [0.1, 0.15) is 11.5 Å². The summed E-state index contributed by atoms with van der Waals surface area (Å²) in [6, 6.07) is 0. The summed E-state index contributed by atoms with van der Waals surface area (Å²) in [5.74, 6) is 0.183. The molecule has 0 aliphatic heterocycles. The molecule has 4 N–H and O–H groups in total. The maximum atomic E-state index is 11.8. The maximum absolute atomic E-state index is 11.8. The Morgan fingerprint density at radius 1 is 1.37 bits per heavy atom. The van der Waals surface area contributed by atoms with Crippen LogP contribution in [0.4, 0.5) is 11.5 Å². The van der Waals surface area contributed by atoms with Gasteiger partial charge < -0.3 is 15.7 Å². The third kappa shape index (κ3) is 3.60. The monoisotopic (exact) mass is 270 g/mol. The zero-order chi connectivity index (χ0) is 14.4. The lowest BCUT2D eigenvalue weighted by molar-refractivity contribution is 0.290. The van der Waals surface area contributed by atoms with E-state index in [2.05, 4.69) is 4.98 Å². The summed E-state index contributed by atoms with van der Waals surface area (Å²) in [6.45, 7) is 3.04. The number of aliphatic hydroxyl groups excluding tert-OH is 1. The highest BCUT2D eigenvalue weighted by atomic mass is 16.3. The quantitative estimate of drug-likeness (QED) is 0.633. The molecular formula is C12H22N4O3. The maximum Gasteiger partial charge on any atom is 0.330 e. The van der Waals surface area contributed by atoms with E-state index in [0.29, 0.717) is 19.5 Å². The summed E-state index contributed by atoms with van der Waals surface area (Å²) in [7, 11) is 1.71. The van der Waals surface area contributed by atoms with E-state index in [9.17, 15) is 9.59 Å². The van der Waals surface area contributed by atoms with Crippen LogP contribution in [0, 0.1) is 0 Å². The molecule has 0 spiro atoms. The second kappa shape index (κ2) is 6.98. The van der Waals surface area contributed by atoms with Crippen LogP contribution in [0.3, 0.4) is 0 Å². The smallest absolute Gasteiger partial charge is 0.330 e. The first-order valence-corrected chi connectivity index (χ1v) is 6.47. The molecule has 0 saturated heterocycles. The van der Waals surface area contributed by atoms with Crippen LogP contribution in [-0.4, -0.2) is 34.9 Å². The molecule has 19 heavy (non-hydrogen) atoms. The Bertz CT molecular complexity index is 521. The summed E-state index contributed by atoms with van der Waals surface area (Å²) < 4.78 is 1.38. The minimum absolute atomic E-state index is 0.0393. The minimum atomic E-state index is -0.490. The number of aromatic nitrogens is 2. The van der Waals surface area contributed by atoms with Gasteiger partial charge in [-0.15, -0.1) is 0 Å². The molecule has 1 aromatic rings. The number of hydrogen-bond donors (Lipinski definition) is 3. The molecule has 0 atom stereocenters. The molecular weight excluding hydrogens is 248 g/mol. The first kappa shape index (κ1) is 15.3. The molecule has 0 amide bonds. The number of aromatic amines is 1. The lowest BCUT2D eigenvalue weighted by Crippen LogP contribution is -2.37. The molecule has 1 rings (SSSR count). The molecule has 0 radical (unpaired) electrons. The Morgan fingerprint density at radius 2 is 2.05 bits per heavy atom. The van der Waals surface area contributed by atoms with E-state index in [4.69, 9.17) is 10.8 Å². The summed E-state index contributed by atoms with van der Waals surface area (Å²) in [5.41, 5.74) is 5.25. The highest BCUT2D eigenvalue weighted by Gasteiger charge is 2.15. The molecule has 7 nitrogen and oxygen atoms in total. The lowest BCUT2D eigenvalue weighted by Gasteiger charge is -2.21. The van der Waals surface area contributed by atoms with Gasteiger partial charge in [-0.3, -0.25) is 14.3 Å². The van der Waals surface area contributed by atoms with Crippen molar-refractivity contribution in [2.75, 3.05) is 30.8 Å². The van der Waals surface area contributed by atoms with Crippen LogP contribution >= 0.6 is 0 Å². The van der Waals surface area contributed by atoms with Gasteiger partial charge in [-0.2, -0.15) is 0 Å². The zero-order valence-electron chi connectivity index (χ0n) is 11.5. The Hall–Kier alpha value is -1.76. The van der Waals surface area contributed by atoms with Gasteiger partial charge in [0, 0.05) is 26.7 Å². The predicted octanol–water partition coefficient (Wildman–Crippen LogP) is -0.262. The van der Waals surface area contributed by atoms with E-state index in [0.717, 1.165) is 12.8 Å². The van der Waals surface area contributed by atoms with Gasteiger partial charge in [-0.05, 0) is 12.8 Å². The van der Waals surface area contributed by atoms with Crippen molar-refractivity contribution in [3.63, 3.8) is 0 Å². The molecule has 0 bridgehead atoms.